The second-order valence-electron chi connectivity index (χ2n) is 4.96. The van der Waals surface area contributed by atoms with Gasteiger partial charge in [-0.2, -0.15) is 9.40 Å². The normalized spacial score (nSPS) is 18.8. The second kappa shape index (κ2) is 6.61. The topological polar surface area (TPSA) is 58.4 Å². The first-order valence-electron chi connectivity index (χ1n) is 6.61. The third-order valence-corrected chi connectivity index (χ3v) is 6.11. The number of piperidine rings is 1. The second-order valence-corrected chi connectivity index (χ2v) is 8.37. The van der Waals surface area contributed by atoms with E-state index in [0.29, 0.717) is 13.2 Å². The van der Waals surface area contributed by atoms with Crippen molar-refractivity contribution in [1.82, 2.24) is 19.0 Å². The molecule has 2 heterocycles. The van der Waals surface area contributed by atoms with Gasteiger partial charge < -0.3 is 0 Å². The first kappa shape index (κ1) is 16.0. The van der Waals surface area contributed by atoms with E-state index in [-0.39, 0.29) is 6.04 Å². The van der Waals surface area contributed by atoms with E-state index >= 15 is 0 Å². The predicted molar refractivity (Wildman–Crippen MR) is 82.8 cm³/mol. The van der Waals surface area contributed by atoms with Crippen molar-refractivity contribution in [3.05, 3.63) is 9.46 Å². The summed E-state index contributed by atoms with van der Waals surface area (Å²) in [6, 6.07) is 0.120. The van der Waals surface area contributed by atoms with Crippen LogP contribution in [0.3, 0.4) is 0 Å². The van der Waals surface area contributed by atoms with E-state index in [2.05, 4.69) is 10.00 Å². The van der Waals surface area contributed by atoms with E-state index in [1.807, 2.05) is 11.6 Å². The number of sulfonamides is 1. The SMILES string of the molecule is CCN(C1CCN(Cn2ncsc2=S)CC1)S(C)(=O)=O. The van der Waals surface area contributed by atoms with Gasteiger partial charge in [-0.1, -0.05) is 18.3 Å². The average Bonchev–Trinajstić information content (AvgIpc) is 2.76. The number of nitrogens with zero attached hydrogens (tertiary/aromatic N) is 4. The van der Waals surface area contributed by atoms with Gasteiger partial charge in [0.2, 0.25) is 10.0 Å². The lowest BCUT2D eigenvalue weighted by Gasteiger charge is -2.36. The summed E-state index contributed by atoms with van der Waals surface area (Å²) in [6.45, 7) is 4.87. The molecule has 1 fully saturated rings. The van der Waals surface area contributed by atoms with E-state index in [1.165, 1.54) is 17.6 Å². The fourth-order valence-corrected chi connectivity index (χ4v) is 4.56. The molecule has 9 heteroatoms. The van der Waals surface area contributed by atoms with Gasteiger partial charge in [-0.25, -0.2) is 13.1 Å². The van der Waals surface area contributed by atoms with Crippen molar-refractivity contribution in [2.45, 2.75) is 32.5 Å². The van der Waals surface area contributed by atoms with Crippen LogP contribution in [-0.4, -0.2) is 59.3 Å². The van der Waals surface area contributed by atoms with Gasteiger partial charge in [0.15, 0.2) is 3.95 Å². The van der Waals surface area contributed by atoms with Crippen LogP contribution in [0, 0.1) is 3.95 Å². The van der Waals surface area contributed by atoms with Crippen LogP contribution >= 0.6 is 23.6 Å². The standard InChI is InChI=1S/C11H20N4O2S3/c1-3-15(20(2,16)17)10-4-6-13(7-5-10)9-14-11(18)19-8-12-14/h8,10H,3-7,9H2,1-2H3. The van der Waals surface area contributed by atoms with Crippen molar-refractivity contribution in [2.24, 2.45) is 0 Å². The minimum absolute atomic E-state index is 0.120. The van der Waals surface area contributed by atoms with Gasteiger partial charge in [-0.15, -0.1) is 0 Å². The highest BCUT2D eigenvalue weighted by molar-refractivity contribution is 7.88. The van der Waals surface area contributed by atoms with Crippen LogP contribution in [-0.2, 0) is 16.7 Å². The highest BCUT2D eigenvalue weighted by Gasteiger charge is 2.28. The molecule has 0 aliphatic carbocycles. The highest BCUT2D eigenvalue weighted by atomic mass is 32.2. The predicted octanol–water partition coefficient (Wildman–Crippen LogP) is 1.38. The zero-order chi connectivity index (χ0) is 14.8. The van der Waals surface area contributed by atoms with Crippen molar-refractivity contribution in [3.8, 4) is 0 Å². The Morgan fingerprint density at radius 2 is 2.15 bits per heavy atom. The Labute approximate surface area is 129 Å². The molecule has 0 N–H and O–H groups in total. The van der Waals surface area contributed by atoms with E-state index in [9.17, 15) is 8.42 Å². The zero-order valence-corrected chi connectivity index (χ0v) is 14.2. The molecule has 0 atom stereocenters. The summed E-state index contributed by atoms with van der Waals surface area (Å²) in [4.78, 5) is 2.27. The smallest absolute Gasteiger partial charge is 0.211 e. The van der Waals surface area contributed by atoms with E-state index in [0.717, 1.165) is 29.9 Å². The highest BCUT2D eigenvalue weighted by Crippen LogP contribution is 2.19. The summed E-state index contributed by atoms with van der Waals surface area (Å²) in [5.74, 6) is 0. The summed E-state index contributed by atoms with van der Waals surface area (Å²) in [5, 5.41) is 4.20. The number of hydrogen-bond acceptors (Lipinski definition) is 6. The fourth-order valence-electron chi connectivity index (χ4n) is 2.63. The summed E-state index contributed by atoms with van der Waals surface area (Å²) < 4.78 is 27.7. The molecule has 1 aromatic heterocycles. The van der Waals surface area contributed by atoms with Gasteiger partial charge >= 0.3 is 0 Å². The van der Waals surface area contributed by atoms with Gasteiger partial charge in [0.25, 0.3) is 0 Å². The lowest BCUT2D eigenvalue weighted by atomic mass is 10.1. The van der Waals surface area contributed by atoms with E-state index < -0.39 is 10.0 Å². The Hall–Kier alpha value is -0.350. The van der Waals surface area contributed by atoms with Crippen LogP contribution in [0.1, 0.15) is 19.8 Å². The lowest BCUT2D eigenvalue weighted by Crippen LogP contribution is -2.47. The summed E-state index contributed by atoms with van der Waals surface area (Å²) in [5.41, 5.74) is 1.75. The number of likely N-dealkylation sites (tertiary alicyclic amines) is 1. The maximum Gasteiger partial charge on any atom is 0.211 e. The van der Waals surface area contributed by atoms with Crippen LogP contribution in [0.25, 0.3) is 0 Å². The van der Waals surface area contributed by atoms with Crippen molar-refractivity contribution in [3.63, 3.8) is 0 Å². The van der Waals surface area contributed by atoms with Gasteiger partial charge in [0, 0.05) is 25.7 Å². The molecule has 1 aromatic rings. The Morgan fingerprint density at radius 3 is 2.60 bits per heavy atom. The molecule has 0 saturated carbocycles. The molecule has 1 aliphatic rings. The first-order valence-corrected chi connectivity index (χ1v) is 9.75. The molecule has 1 aliphatic heterocycles. The molecule has 0 unspecified atom stereocenters. The quantitative estimate of drug-likeness (QED) is 0.760. The van der Waals surface area contributed by atoms with Crippen molar-refractivity contribution in [1.29, 1.82) is 0 Å². The van der Waals surface area contributed by atoms with Crippen LogP contribution in [0.4, 0.5) is 0 Å². The maximum absolute atomic E-state index is 11.7. The fraction of sp³-hybridized carbons (Fsp3) is 0.818. The van der Waals surface area contributed by atoms with Crippen LogP contribution < -0.4 is 0 Å². The molecule has 2 rings (SSSR count). The van der Waals surface area contributed by atoms with Crippen LogP contribution in [0.15, 0.2) is 5.51 Å². The monoisotopic (exact) mass is 336 g/mol. The Balaban J connectivity index is 1.92. The molecule has 6 nitrogen and oxygen atoms in total. The van der Waals surface area contributed by atoms with Crippen LogP contribution in [0.2, 0.25) is 0 Å². The molecule has 0 bridgehead atoms. The van der Waals surface area contributed by atoms with Gasteiger partial charge in [0.1, 0.15) is 5.51 Å². The van der Waals surface area contributed by atoms with Crippen LogP contribution in [0.5, 0.6) is 0 Å². The number of hydrogen-bond donors (Lipinski definition) is 0. The summed E-state index contributed by atoms with van der Waals surface area (Å²) in [7, 11) is -3.11. The zero-order valence-electron chi connectivity index (χ0n) is 11.7. The van der Waals surface area contributed by atoms with E-state index in [4.69, 9.17) is 12.2 Å². The largest absolute Gasteiger partial charge is 0.284 e. The van der Waals surface area contributed by atoms with Gasteiger partial charge in [-0.05, 0) is 25.1 Å². The Bertz CT molecular complexity index is 587. The molecule has 0 aromatic carbocycles. The Morgan fingerprint density at radius 1 is 1.50 bits per heavy atom. The van der Waals surface area contributed by atoms with Crippen molar-refractivity contribution in [2.75, 3.05) is 25.9 Å². The molecular weight excluding hydrogens is 316 g/mol. The third kappa shape index (κ3) is 3.85. The number of aromatic nitrogens is 2. The maximum atomic E-state index is 11.7. The molecule has 0 radical (unpaired) electrons. The minimum Gasteiger partial charge on any atom is -0.284 e. The molecule has 0 spiro atoms. The van der Waals surface area contributed by atoms with Crippen molar-refractivity contribution < 1.29 is 8.42 Å². The average molecular weight is 337 g/mol. The summed E-state index contributed by atoms with van der Waals surface area (Å²) in [6.07, 6.45) is 3.01. The molecule has 0 amide bonds. The lowest BCUT2D eigenvalue weighted by molar-refractivity contribution is 0.127. The first-order chi connectivity index (χ1) is 9.41. The molecular formula is C11H20N4O2S3. The van der Waals surface area contributed by atoms with Gasteiger partial charge in [0.05, 0.1) is 12.9 Å². The number of rotatable bonds is 5. The van der Waals surface area contributed by atoms with Crippen molar-refractivity contribution >= 4 is 33.6 Å². The summed E-state index contributed by atoms with van der Waals surface area (Å²) >= 11 is 6.65. The molecule has 114 valence electrons. The van der Waals surface area contributed by atoms with E-state index in [1.54, 1.807) is 9.82 Å². The molecule has 20 heavy (non-hydrogen) atoms. The van der Waals surface area contributed by atoms with Gasteiger partial charge in [-0.3, -0.25) is 4.90 Å². The third-order valence-electron chi connectivity index (χ3n) is 3.59. The molecule has 1 saturated heterocycles. The Kier molecular flexibility index (Phi) is 5.30. The minimum atomic E-state index is -3.11.